The molecule has 1 aromatic rings. The Morgan fingerprint density at radius 3 is 3.11 bits per heavy atom. The maximum atomic E-state index is 11.4. The first kappa shape index (κ1) is 12.7. The molecule has 1 aliphatic heterocycles. The van der Waals surface area contributed by atoms with E-state index < -0.39 is 6.10 Å². The summed E-state index contributed by atoms with van der Waals surface area (Å²) in [6.45, 7) is 2.39. The molecule has 1 aliphatic rings. The molecule has 2 atom stereocenters. The highest BCUT2D eigenvalue weighted by molar-refractivity contribution is 5.70. The molecule has 0 fully saturated rings. The van der Waals surface area contributed by atoms with Gasteiger partial charge in [0.2, 0.25) is 0 Å². The van der Waals surface area contributed by atoms with Crippen LogP contribution >= 0.6 is 0 Å². The molecule has 1 aromatic carbocycles. The lowest BCUT2D eigenvalue weighted by Crippen LogP contribution is -2.28. The van der Waals surface area contributed by atoms with Crippen LogP contribution in [0.15, 0.2) is 18.2 Å². The molecule has 0 radical (unpaired) electrons. The predicted molar refractivity (Wildman–Crippen MR) is 66.0 cm³/mol. The first-order valence-corrected chi connectivity index (χ1v) is 5.97. The molecule has 0 spiro atoms. The van der Waals surface area contributed by atoms with E-state index in [1.807, 2.05) is 0 Å². The molecule has 2 rings (SSSR count). The number of benzene rings is 1. The third-order valence-electron chi connectivity index (χ3n) is 2.99. The number of nitrogen functional groups attached to an aromatic ring is 1. The van der Waals surface area contributed by atoms with E-state index in [9.17, 15) is 9.90 Å². The van der Waals surface area contributed by atoms with Gasteiger partial charge in [0, 0.05) is 17.2 Å². The van der Waals surface area contributed by atoms with Crippen molar-refractivity contribution in [1.82, 2.24) is 0 Å². The van der Waals surface area contributed by atoms with Gasteiger partial charge in [-0.1, -0.05) is 0 Å². The van der Waals surface area contributed by atoms with Crippen LogP contribution in [0.1, 0.15) is 25.0 Å². The van der Waals surface area contributed by atoms with Crippen LogP contribution in [0.4, 0.5) is 5.69 Å². The summed E-state index contributed by atoms with van der Waals surface area (Å²) in [5.41, 5.74) is 6.88. The van der Waals surface area contributed by atoms with Crippen molar-refractivity contribution in [3.63, 3.8) is 0 Å². The number of ether oxygens (including phenoxy) is 2. The van der Waals surface area contributed by atoms with Crippen LogP contribution in [0.3, 0.4) is 0 Å². The molecule has 5 heteroatoms. The van der Waals surface area contributed by atoms with Gasteiger partial charge >= 0.3 is 5.97 Å². The second-order valence-corrected chi connectivity index (χ2v) is 4.32. The second kappa shape index (κ2) is 5.27. The number of fused-ring (bicyclic) bond motifs is 1. The lowest BCUT2D eigenvalue weighted by Gasteiger charge is -2.29. The van der Waals surface area contributed by atoms with Crippen molar-refractivity contribution >= 4 is 11.7 Å². The highest BCUT2D eigenvalue weighted by atomic mass is 16.5. The van der Waals surface area contributed by atoms with Gasteiger partial charge in [0.15, 0.2) is 0 Å². The minimum absolute atomic E-state index is 0.142. The van der Waals surface area contributed by atoms with Gasteiger partial charge in [0.05, 0.1) is 25.7 Å². The summed E-state index contributed by atoms with van der Waals surface area (Å²) in [6, 6.07) is 5.13. The molecule has 0 aromatic heterocycles. The number of carbonyl (C=O) groups excluding carboxylic acids is 1. The molecular weight excluding hydrogens is 234 g/mol. The Hall–Kier alpha value is -1.75. The molecular formula is C13H17NO4. The van der Waals surface area contributed by atoms with Crippen LogP contribution in [0.25, 0.3) is 0 Å². The van der Waals surface area contributed by atoms with Gasteiger partial charge in [-0.25, -0.2) is 0 Å². The van der Waals surface area contributed by atoms with Crippen molar-refractivity contribution in [2.45, 2.75) is 19.4 Å². The Labute approximate surface area is 106 Å². The van der Waals surface area contributed by atoms with E-state index >= 15 is 0 Å². The standard InChI is InChI=1S/C13H17NO4/c1-2-17-12(15)5-8-7-18-11-4-3-9(14)6-10(11)13(8)16/h3-4,6,8,13,16H,2,5,7,14H2,1H3. The fourth-order valence-electron chi connectivity index (χ4n) is 2.08. The summed E-state index contributed by atoms with van der Waals surface area (Å²) in [5.74, 6) is 0.00709. The lowest BCUT2D eigenvalue weighted by molar-refractivity contribution is -0.146. The SMILES string of the molecule is CCOC(=O)CC1COc2ccc(N)cc2C1O. The number of hydrogen-bond donors (Lipinski definition) is 2. The molecule has 0 amide bonds. The monoisotopic (exact) mass is 251 g/mol. The lowest BCUT2D eigenvalue weighted by atomic mass is 9.90. The molecule has 3 N–H and O–H groups in total. The smallest absolute Gasteiger partial charge is 0.306 e. The molecule has 98 valence electrons. The van der Waals surface area contributed by atoms with Crippen molar-refractivity contribution in [2.24, 2.45) is 5.92 Å². The highest BCUT2D eigenvalue weighted by Crippen LogP contribution is 2.37. The number of hydrogen-bond acceptors (Lipinski definition) is 5. The quantitative estimate of drug-likeness (QED) is 0.624. The van der Waals surface area contributed by atoms with Gasteiger partial charge < -0.3 is 20.3 Å². The summed E-state index contributed by atoms with van der Waals surface area (Å²) < 4.78 is 10.4. The Bertz CT molecular complexity index is 447. The first-order chi connectivity index (χ1) is 8.61. The maximum Gasteiger partial charge on any atom is 0.306 e. The van der Waals surface area contributed by atoms with Crippen LogP contribution < -0.4 is 10.5 Å². The molecule has 2 unspecified atom stereocenters. The molecule has 0 bridgehead atoms. The van der Waals surface area contributed by atoms with Crippen molar-refractivity contribution in [2.75, 3.05) is 18.9 Å². The molecule has 0 saturated heterocycles. The second-order valence-electron chi connectivity index (χ2n) is 4.32. The Kier molecular flexibility index (Phi) is 3.72. The van der Waals surface area contributed by atoms with Crippen LogP contribution in [0, 0.1) is 5.92 Å². The van der Waals surface area contributed by atoms with E-state index in [1.165, 1.54) is 0 Å². The first-order valence-electron chi connectivity index (χ1n) is 5.97. The topological polar surface area (TPSA) is 81.8 Å². The largest absolute Gasteiger partial charge is 0.493 e. The summed E-state index contributed by atoms with van der Waals surface area (Å²) >= 11 is 0. The average molecular weight is 251 g/mol. The minimum Gasteiger partial charge on any atom is -0.493 e. The molecule has 1 heterocycles. The van der Waals surface area contributed by atoms with Crippen molar-refractivity contribution in [3.05, 3.63) is 23.8 Å². The van der Waals surface area contributed by atoms with E-state index in [2.05, 4.69) is 0 Å². The van der Waals surface area contributed by atoms with E-state index in [0.29, 0.717) is 30.2 Å². The van der Waals surface area contributed by atoms with Crippen LogP contribution in [0.2, 0.25) is 0 Å². The highest BCUT2D eigenvalue weighted by Gasteiger charge is 2.31. The van der Waals surface area contributed by atoms with Gasteiger partial charge in [-0.15, -0.1) is 0 Å². The normalized spacial score (nSPS) is 21.9. The Morgan fingerprint density at radius 1 is 1.61 bits per heavy atom. The van der Waals surface area contributed by atoms with Crippen molar-refractivity contribution < 1.29 is 19.4 Å². The number of esters is 1. The van der Waals surface area contributed by atoms with Crippen LogP contribution in [-0.2, 0) is 9.53 Å². The van der Waals surface area contributed by atoms with Gasteiger partial charge in [0.25, 0.3) is 0 Å². The van der Waals surface area contributed by atoms with Gasteiger partial charge in [0.1, 0.15) is 5.75 Å². The van der Waals surface area contributed by atoms with E-state index in [1.54, 1.807) is 25.1 Å². The number of anilines is 1. The summed E-state index contributed by atoms with van der Waals surface area (Å²) in [6.07, 6.45) is -0.606. The van der Waals surface area contributed by atoms with Crippen LogP contribution in [0.5, 0.6) is 5.75 Å². The van der Waals surface area contributed by atoms with E-state index in [-0.39, 0.29) is 18.3 Å². The Morgan fingerprint density at radius 2 is 2.39 bits per heavy atom. The molecule has 0 saturated carbocycles. The zero-order valence-corrected chi connectivity index (χ0v) is 10.3. The summed E-state index contributed by atoms with van der Waals surface area (Å²) in [7, 11) is 0. The number of rotatable bonds is 3. The maximum absolute atomic E-state index is 11.4. The summed E-state index contributed by atoms with van der Waals surface area (Å²) in [5, 5.41) is 10.2. The third kappa shape index (κ3) is 2.56. The van der Waals surface area contributed by atoms with Crippen LogP contribution in [-0.4, -0.2) is 24.3 Å². The van der Waals surface area contributed by atoms with Crippen molar-refractivity contribution in [3.8, 4) is 5.75 Å². The van der Waals surface area contributed by atoms with E-state index in [4.69, 9.17) is 15.2 Å². The number of nitrogens with two attached hydrogens (primary N) is 1. The fourth-order valence-corrected chi connectivity index (χ4v) is 2.08. The molecule has 0 aliphatic carbocycles. The number of aliphatic hydroxyl groups is 1. The zero-order valence-electron chi connectivity index (χ0n) is 10.3. The zero-order chi connectivity index (χ0) is 13.1. The van der Waals surface area contributed by atoms with Gasteiger partial charge in [-0.05, 0) is 25.1 Å². The number of aliphatic hydroxyl groups excluding tert-OH is 1. The number of carbonyl (C=O) groups is 1. The van der Waals surface area contributed by atoms with Gasteiger partial charge in [-0.2, -0.15) is 0 Å². The fraction of sp³-hybridized carbons (Fsp3) is 0.462. The molecule has 5 nitrogen and oxygen atoms in total. The average Bonchev–Trinajstić information content (AvgIpc) is 2.34. The third-order valence-corrected chi connectivity index (χ3v) is 2.99. The Balaban J connectivity index is 2.12. The summed E-state index contributed by atoms with van der Waals surface area (Å²) in [4.78, 5) is 11.4. The van der Waals surface area contributed by atoms with E-state index in [0.717, 1.165) is 0 Å². The minimum atomic E-state index is -0.748. The molecule has 18 heavy (non-hydrogen) atoms. The van der Waals surface area contributed by atoms with Gasteiger partial charge in [-0.3, -0.25) is 4.79 Å². The predicted octanol–water partition coefficient (Wildman–Crippen LogP) is 1.26. The van der Waals surface area contributed by atoms with Crippen molar-refractivity contribution in [1.29, 1.82) is 0 Å².